The van der Waals surface area contributed by atoms with Crippen LogP contribution in [0.1, 0.15) is 100 Å². The maximum absolute atomic E-state index is 14.7. The van der Waals surface area contributed by atoms with E-state index in [0.717, 1.165) is 5.56 Å². The molecule has 0 aliphatic carbocycles. The topological polar surface area (TPSA) is 198 Å². The van der Waals surface area contributed by atoms with Gasteiger partial charge in [0.25, 0.3) is 0 Å². The van der Waals surface area contributed by atoms with Gasteiger partial charge in [0.1, 0.15) is 30.0 Å². The molecule has 0 bridgehead atoms. The maximum Gasteiger partial charge on any atom is 0.318 e. The minimum absolute atomic E-state index is 0.0918. The summed E-state index contributed by atoms with van der Waals surface area (Å²) in [6.07, 6.45) is -7.31. The van der Waals surface area contributed by atoms with Gasteiger partial charge in [-0.1, -0.05) is 57.2 Å². The van der Waals surface area contributed by atoms with Crippen molar-refractivity contribution < 1.29 is 63.2 Å². The molecule has 0 unspecified atom stereocenters. The average molecular weight is 908 g/mol. The van der Waals surface area contributed by atoms with Crippen LogP contribution >= 0.6 is 0 Å². The number of cyclic esters (lactones) is 1. The van der Waals surface area contributed by atoms with Crippen LogP contribution in [0.2, 0.25) is 0 Å². The lowest BCUT2D eigenvalue weighted by Gasteiger charge is -2.50. The molecule has 0 saturated carbocycles. The monoisotopic (exact) mass is 908 g/mol. The van der Waals surface area contributed by atoms with E-state index in [1.54, 1.807) is 40.7 Å². The first-order chi connectivity index (χ1) is 29.9. The molecule has 0 radical (unpaired) electrons. The second-order valence-electron chi connectivity index (χ2n) is 19.6. The quantitative estimate of drug-likeness (QED) is 0.146. The lowest BCUT2D eigenvalue weighted by molar-refractivity contribution is -0.320. The summed E-state index contributed by atoms with van der Waals surface area (Å²) in [5.74, 6) is -2.90. The van der Waals surface area contributed by atoms with Gasteiger partial charge in [0.05, 0.1) is 54.2 Å². The Morgan fingerprint density at radius 2 is 1.64 bits per heavy atom. The first-order valence-corrected chi connectivity index (χ1v) is 23.1. The zero-order chi connectivity index (χ0) is 47.9. The van der Waals surface area contributed by atoms with Crippen molar-refractivity contribution >= 4 is 12.0 Å². The minimum atomic E-state index is -2.02. The van der Waals surface area contributed by atoms with Gasteiger partial charge in [-0.25, -0.2) is 4.79 Å². The van der Waals surface area contributed by atoms with Crippen LogP contribution in [0.5, 0.6) is 0 Å². The number of nitrogens with zero attached hydrogens (tertiary/aromatic N) is 2. The molecule has 3 aliphatic heterocycles. The molecule has 0 aromatic heterocycles. The number of hydrogen-bond donors (Lipinski definition) is 5. The largest absolute Gasteiger partial charge is 0.459 e. The standard InChI is InChI=1S/C48H81N3O13/c1-15-22-59-47(10)24-28(3)27-51(45(56)49-26-34-20-18-17-19-21-34)32(7)40(53)48(11,57)36(16-2)62-43(55)31(6)39(63-37-25-46(9,58-14)41(54)33(8)61-37)30(5)42(47)64-44-38(52)35(50(12)13)23-29(4)60-44/h15,17-21,28-33,35-42,44,52-54,57H,1,16,22-27H2,2-14H3,(H,49,56)/t28-,29-,30+,31-,32-,33+,35+,36-,37+,38-,39+,40-,41+,42-,44+,46-,47-,48-/m1/s1. The van der Waals surface area contributed by atoms with Gasteiger partial charge < -0.3 is 68.7 Å². The molecule has 3 aliphatic rings. The first-order valence-electron chi connectivity index (χ1n) is 23.1. The summed E-state index contributed by atoms with van der Waals surface area (Å²) in [4.78, 5) is 32.4. The number of ether oxygens (including phenoxy) is 7. The fourth-order valence-electron chi connectivity index (χ4n) is 10.0. The van der Waals surface area contributed by atoms with Crippen molar-refractivity contribution in [2.45, 2.75) is 192 Å². The van der Waals surface area contributed by atoms with Gasteiger partial charge in [-0.2, -0.15) is 0 Å². The Morgan fingerprint density at radius 3 is 2.23 bits per heavy atom. The summed E-state index contributed by atoms with van der Waals surface area (Å²) in [5.41, 5.74) is -3.46. The maximum atomic E-state index is 14.7. The van der Waals surface area contributed by atoms with Crippen LogP contribution in [0.15, 0.2) is 43.0 Å². The predicted molar refractivity (Wildman–Crippen MR) is 241 cm³/mol. The van der Waals surface area contributed by atoms with Crippen molar-refractivity contribution in [3.63, 3.8) is 0 Å². The predicted octanol–water partition coefficient (Wildman–Crippen LogP) is 4.39. The van der Waals surface area contributed by atoms with Crippen molar-refractivity contribution in [1.29, 1.82) is 0 Å². The Bertz CT molecular complexity index is 1640. The lowest BCUT2D eigenvalue weighted by Crippen LogP contribution is -2.61. The van der Waals surface area contributed by atoms with Crippen LogP contribution in [-0.2, 0) is 44.5 Å². The van der Waals surface area contributed by atoms with E-state index in [-0.39, 0.29) is 57.0 Å². The summed E-state index contributed by atoms with van der Waals surface area (Å²) in [5, 5.41) is 50.2. The van der Waals surface area contributed by atoms with Crippen LogP contribution in [0.4, 0.5) is 4.79 Å². The number of urea groups is 1. The number of aliphatic hydroxyl groups is 4. The highest BCUT2D eigenvalue weighted by molar-refractivity contribution is 5.75. The Balaban J connectivity index is 1.91. The van der Waals surface area contributed by atoms with E-state index in [9.17, 15) is 30.0 Å². The summed E-state index contributed by atoms with van der Waals surface area (Å²) in [6.45, 7) is 22.0. The Morgan fingerprint density at radius 1 is 0.984 bits per heavy atom. The molecule has 64 heavy (non-hydrogen) atoms. The molecule has 1 aromatic rings. The third-order valence-electron chi connectivity index (χ3n) is 14.0. The van der Waals surface area contributed by atoms with Crippen LogP contribution in [-0.4, -0.2) is 167 Å². The number of esters is 1. The fraction of sp³-hybridized carbons (Fsp3) is 0.792. The van der Waals surface area contributed by atoms with E-state index in [1.807, 2.05) is 77.0 Å². The molecule has 4 rings (SSSR count). The zero-order valence-corrected chi connectivity index (χ0v) is 40.6. The number of hydrogen-bond acceptors (Lipinski definition) is 14. The molecule has 5 N–H and O–H groups in total. The number of nitrogens with one attached hydrogen (secondary N) is 1. The molecule has 16 heteroatoms. The number of methoxy groups -OCH3 is 1. The molecule has 0 spiro atoms. The molecule has 2 amide bonds. The molecule has 18 atom stereocenters. The van der Waals surface area contributed by atoms with E-state index < -0.39 is 102 Å². The number of rotatable bonds is 12. The third-order valence-corrected chi connectivity index (χ3v) is 14.0. The highest BCUT2D eigenvalue weighted by Crippen LogP contribution is 2.41. The molecule has 3 saturated heterocycles. The smallest absolute Gasteiger partial charge is 0.318 e. The molecule has 1 aromatic carbocycles. The number of likely N-dealkylation sites (N-methyl/N-ethyl adjacent to an activating group) is 1. The lowest BCUT2D eigenvalue weighted by atomic mass is 9.77. The first kappa shape index (κ1) is 53.9. The van der Waals surface area contributed by atoms with E-state index in [4.69, 9.17) is 33.2 Å². The summed E-state index contributed by atoms with van der Waals surface area (Å²) in [6, 6.07) is 7.69. The van der Waals surface area contributed by atoms with Gasteiger partial charge in [-0.05, 0) is 93.3 Å². The normalized spacial score (nSPS) is 42.0. The number of carbonyl (C=O) groups is 2. The van der Waals surface area contributed by atoms with E-state index in [1.165, 1.54) is 18.9 Å². The second kappa shape index (κ2) is 22.8. The second-order valence-corrected chi connectivity index (χ2v) is 19.6. The van der Waals surface area contributed by atoms with Crippen LogP contribution in [0.3, 0.4) is 0 Å². The summed E-state index contributed by atoms with van der Waals surface area (Å²) < 4.78 is 45.4. The fourth-order valence-corrected chi connectivity index (χ4v) is 10.0. The molecule has 3 fully saturated rings. The van der Waals surface area contributed by atoms with Gasteiger partial charge in [0.15, 0.2) is 12.6 Å². The van der Waals surface area contributed by atoms with Gasteiger partial charge in [0.2, 0.25) is 0 Å². The van der Waals surface area contributed by atoms with Crippen molar-refractivity contribution in [3.8, 4) is 0 Å². The Labute approximate surface area is 381 Å². The number of amides is 2. The van der Waals surface area contributed by atoms with Crippen molar-refractivity contribution in [3.05, 3.63) is 48.6 Å². The molecular weight excluding hydrogens is 827 g/mol. The molecule has 366 valence electrons. The highest BCUT2D eigenvalue weighted by atomic mass is 16.7. The zero-order valence-electron chi connectivity index (χ0n) is 40.6. The number of benzene rings is 1. The van der Waals surface area contributed by atoms with E-state index in [2.05, 4.69) is 11.9 Å². The SMILES string of the molecule is C=CCO[C@]1(C)C[C@@H](C)CN(C(=O)NCc2ccccc2)[C@H](C)[C@@H](O)[C@](C)(O)[C@@H](CC)OC(=O)[C@H](C)[C@@H](O[C@H]2C[C@@](C)(OC)[C@@H](O)[C@H](C)O2)[C@H](C)[C@H]1O[C@@H]1O[C@H](C)C[C@H](N(C)C)[C@H]1O. The van der Waals surface area contributed by atoms with Crippen LogP contribution in [0.25, 0.3) is 0 Å². The molecule has 3 heterocycles. The Kier molecular flexibility index (Phi) is 19.2. The van der Waals surface area contributed by atoms with Crippen molar-refractivity contribution in [1.82, 2.24) is 15.1 Å². The van der Waals surface area contributed by atoms with E-state index >= 15 is 0 Å². The van der Waals surface area contributed by atoms with Gasteiger partial charge in [-0.3, -0.25) is 4.79 Å². The van der Waals surface area contributed by atoms with Gasteiger partial charge >= 0.3 is 12.0 Å². The number of aliphatic hydroxyl groups excluding tert-OH is 3. The van der Waals surface area contributed by atoms with Crippen LogP contribution < -0.4 is 5.32 Å². The van der Waals surface area contributed by atoms with Crippen LogP contribution in [0, 0.1) is 17.8 Å². The third kappa shape index (κ3) is 12.6. The number of carbonyl (C=O) groups excluding carboxylic acids is 2. The molecular formula is C48H81N3O13. The Hall–Kier alpha value is -2.74. The molecule has 16 nitrogen and oxygen atoms in total. The summed E-state index contributed by atoms with van der Waals surface area (Å²) >= 11 is 0. The summed E-state index contributed by atoms with van der Waals surface area (Å²) in [7, 11) is 5.29. The van der Waals surface area contributed by atoms with Gasteiger partial charge in [-0.15, -0.1) is 6.58 Å². The average Bonchev–Trinajstić information content (AvgIpc) is 3.25. The minimum Gasteiger partial charge on any atom is -0.459 e. The highest BCUT2D eigenvalue weighted by Gasteiger charge is 2.54. The van der Waals surface area contributed by atoms with Crippen molar-refractivity contribution in [2.75, 3.05) is 34.4 Å². The van der Waals surface area contributed by atoms with E-state index in [0.29, 0.717) is 6.42 Å². The van der Waals surface area contributed by atoms with Crippen molar-refractivity contribution in [2.24, 2.45) is 17.8 Å². The van der Waals surface area contributed by atoms with Gasteiger partial charge in [0, 0.05) is 38.6 Å².